The number of rotatable bonds is 58. The van der Waals surface area contributed by atoms with Gasteiger partial charge >= 0.3 is 25.7 Å². The normalized spacial score (nSPS) is 13.7. The van der Waals surface area contributed by atoms with Gasteiger partial charge in [-0.3, -0.25) is 23.4 Å². The third kappa shape index (κ3) is 55.9. The van der Waals surface area contributed by atoms with Gasteiger partial charge in [-0.15, -0.1) is 0 Å². The molecule has 0 bridgehead atoms. The monoisotopic (exact) mass is 1090 g/mol. The van der Waals surface area contributed by atoms with Crippen molar-refractivity contribution in [2.75, 3.05) is 26.4 Å². The number of allylic oxidation sites excluding steroid dienone is 9. The van der Waals surface area contributed by atoms with Gasteiger partial charge in [-0.1, -0.05) is 287 Å². The Bertz CT molecular complexity index is 1510. The molecule has 0 aliphatic heterocycles. The molecular weight excluding hydrogens is 976 g/mol. The molecule has 0 spiro atoms. The van der Waals surface area contributed by atoms with E-state index < -0.39 is 57.8 Å². The smallest absolute Gasteiger partial charge is 0.462 e. The van der Waals surface area contributed by atoms with Gasteiger partial charge in [-0.25, -0.2) is 4.57 Å². The molecule has 3 unspecified atom stereocenters. The second kappa shape index (κ2) is 58.3. The van der Waals surface area contributed by atoms with E-state index in [1.165, 1.54) is 167 Å². The number of carbonyl (C=O) groups is 3. The van der Waals surface area contributed by atoms with Gasteiger partial charge in [0.15, 0.2) is 6.10 Å². The van der Waals surface area contributed by atoms with Crippen LogP contribution in [0.4, 0.5) is 0 Å². The molecule has 0 aliphatic carbocycles. The van der Waals surface area contributed by atoms with Crippen LogP contribution >= 0.6 is 7.82 Å². The summed E-state index contributed by atoms with van der Waals surface area (Å²) in [4.78, 5) is 48.6. The molecule has 0 saturated heterocycles. The summed E-state index contributed by atoms with van der Waals surface area (Å²) in [5.41, 5.74) is 0. The Morgan fingerprint density at radius 2 is 0.684 bits per heavy atom. The van der Waals surface area contributed by atoms with E-state index in [9.17, 15) is 28.9 Å². The van der Waals surface area contributed by atoms with Gasteiger partial charge in [-0.2, -0.15) is 0 Å². The predicted molar refractivity (Wildman–Crippen MR) is 316 cm³/mol. The van der Waals surface area contributed by atoms with E-state index in [4.69, 9.17) is 23.3 Å². The zero-order valence-electron chi connectivity index (χ0n) is 49.0. The fraction of sp³-hybridized carbons (Fsp3) is 0.797. The lowest BCUT2D eigenvalue weighted by atomic mass is 10.0. The summed E-state index contributed by atoms with van der Waals surface area (Å²) < 4.78 is 39.5. The van der Waals surface area contributed by atoms with Crippen LogP contribution in [0.15, 0.2) is 60.8 Å². The summed E-state index contributed by atoms with van der Waals surface area (Å²) in [6.07, 6.45) is 64.9. The molecule has 0 aromatic rings. The van der Waals surface area contributed by atoms with Crippen LogP contribution < -0.4 is 0 Å². The molecular formula is C64H115O11P. The van der Waals surface area contributed by atoms with Crippen molar-refractivity contribution in [3.05, 3.63) is 60.8 Å². The zero-order valence-corrected chi connectivity index (χ0v) is 49.9. The van der Waals surface area contributed by atoms with Crippen LogP contribution in [0.3, 0.4) is 0 Å². The Kier molecular flexibility index (Phi) is 56.2. The summed E-state index contributed by atoms with van der Waals surface area (Å²) in [6.45, 7) is 4.48. The number of esters is 3. The highest BCUT2D eigenvalue weighted by Crippen LogP contribution is 2.43. The topological polar surface area (TPSA) is 155 Å². The van der Waals surface area contributed by atoms with E-state index in [0.29, 0.717) is 19.3 Å². The van der Waals surface area contributed by atoms with E-state index in [-0.39, 0.29) is 25.9 Å². The Morgan fingerprint density at radius 1 is 0.382 bits per heavy atom. The highest BCUT2D eigenvalue weighted by Gasteiger charge is 2.28. The summed E-state index contributed by atoms with van der Waals surface area (Å²) in [7, 11) is -4.77. The van der Waals surface area contributed by atoms with Gasteiger partial charge < -0.3 is 24.2 Å². The van der Waals surface area contributed by atoms with Crippen molar-refractivity contribution >= 4 is 25.7 Å². The van der Waals surface area contributed by atoms with Crippen molar-refractivity contribution in [1.82, 2.24) is 0 Å². The van der Waals surface area contributed by atoms with Gasteiger partial charge in [-0.05, 0) is 44.9 Å². The molecule has 0 radical (unpaired) electrons. The Morgan fingerprint density at radius 3 is 1.04 bits per heavy atom. The fourth-order valence-electron chi connectivity index (χ4n) is 8.79. The second-order valence-electron chi connectivity index (χ2n) is 20.9. The minimum Gasteiger partial charge on any atom is -0.462 e. The molecule has 3 atom stereocenters. The quantitative estimate of drug-likeness (QED) is 0.0197. The molecule has 0 aromatic heterocycles. The minimum absolute atomic E-state index is 0.0535. The Labute approximate surface area is 465 Å². The number of carbonyl (C=O) groups excluding carboxylic acids is 3. The van der Waals surface area contributed by atoms with Crippen molar-refractivity contribution in [1.29, 1.82) is 0 Å². The average Bonchev–Trinajstić information content (AvgIpc) is 3.41. The first-order valence-electron chi connectivity index (χ1n) is 31.2. The van der Waals surface area contributed by atoms with E-state index in [1.54, 1.807) is 6.08 Å². The number of phosphoric acid groups is 1. The molecule has 0 heterocycles. The van der Waals surface area contributed by atoms with E-state index in [0.717, 1.165) is 64.2 Å². The predicted octanol–water partition coefficient (Wildman–Crippen LogP) is 18.7. The number of hydrogen-bond donors (Lipinski definition) is 2. The average molecular weight is 1090 g/mol. The van der Waals surface area contributed by atoms with Crippen LogP contribution in [0.2, 0.25) is 0 Å². The first-order chi connectivity index (χ1) is 37.2. The highest BCUT2D eigenvalue weighted by atomic mass is 31.2. The van der Waals surface area contributed by atoms with Crippen molar-refractivity contribution in [2.24, 2.45) is 0 Å². The van der Waals surface area contributed by atoms with Gasteiger partial charge in [0.05, 0.1) is 26.2 Å². The summed E-state index contributed by atoms with van der Waals surface area (Å²) in [6, 6.07) is 0. The van der Waals surface area contributed by atoms with Crippen LogP contribution in [-0.2, 0) is 42.2 Å². The molecule has 0 saturated carbocycles. The fourth-order valence-corrected chi connectivity index (χ4v) is 9.57. The van der Waals surface area contributed by atoms with Gasteiger partial charge in [0.1, 0.15) is 12.7 Å². The number of aliphatic hydroxyl groups is 1. The van der Waals surface area contributed by atoms with E-state index in [2.05, 4.69) is 57.2 Å². The number of phosphoric ester groups is 1. The first kappa shape index (κ1) is 73.2. The molecule has 12 heteroatoms. The van der Waals surface area contributed by atoms with Crippen LogP contribution in [-0.4, -0.2) is 66.5 Å². The third-order valence-electron chi connectivity index (χ3n) is 13.5. The summed E-state index contributed by atoms with van der Waals surface area (Å²) in [5, 5.41) is 9.81. The number of aliphatic hydroxyl groups excluding tert-OH is 1. The molecule has 0 aliphatic rings. The lowest BCUT2D eigenvalue weighted by Crippen LogP contribution is -2.30. The van der Waals surface area contributed by atoms with Crippen LogP contribution in [0.1, 0.15) is 290 Å². The largest absolute Gasteiger partial charge is 0.472 e. The summed E-state index contributed by atoms with van der Waals surface area (Å²) in [5.74, 6) is -1.58. The minimum atomic E-state index is -4.77. The molecule has 0 amide bonds. The van der Waals surface area contributed by atoms with Crippen molar-refractivity contribution < 1.29 is 52.2 Å². The van der Waals surface area contributed by atoms with Crippen LogP contribution in [0.5, 0.6) is 0 Å². The molecule has 0 fully saturated rings. The van der Waals surface area contributed by atoms with Crippen LogP contribution in [0.25, 0.3) is 0 Å². The third-order valence-corrected chi connectivity index (χ3v) is 14.4. The maximum absolute atomic E-state index is 12.9. The molecule has 442 valence electrons. The van der Waals surface area contributed by atoms with Crippen molar-refractivity contribution in [2.45, 2.75) is 303 Å². The van der Waals surface area contributed by atoms with Gasteiger partial charge in [0, 0.05) is 12.8 Å². The molecule has 0 rings (SSSR count). The van der Waals surface area contributed by atoms with Crippen molar-refractivity contribution in [3.63, 3.8) is 0 Å². The van der Waals surface area contributed by atoms with E-state index in [1.807, 2.05) is 18.2 Å². The lowest BCUT2D eigenvalue weighted by molar-refractivity contribution is -0.161. The number of hydrogen-bond acceptors (Lipinski definition) is 10. The Hall–Kier alpha value is -2.82. The zero-order chi connectivity index (χ0) is 55.5. The molecule has 0 aromatic carbocycles. The van der Waals surface area contributed by atoms with Crippen LogP contribution in [0, 0.1) is 0 Å². The molecule has 2 N–H and O–H groups in total. The maximum atomic E-state index is 12.9. The standard InChI is InChI=1S/C64H115O11P/c1-4-7-10-13-16-19-22-25-28-30-33-35-38-41-44-47-50-53-62(66)71-57-61(75-64(68)55-52-49-46-43-40-37-34-31-29-26-23-20-17-14-11-8-5-2)59-73-76(69,70)72-58-60(56-65)74-63(67)54-51-48-45-42-39-36-32-27-24-21-18-15-12-9-6-3/h9,12,18,21,27,32,39,42,48,51,60-61,65H,4-8,10-11,13-17,19-20,22-26,28-31,33-38,40-41,43-47,49-50,52-59H2,1-3H3,(H,69,70)/b12-9-,21-18-,32-27-,42-39-,51-48-. The lowest BCUT2D eigenvalue weighted by Gasteiger charge is -2.21. The molecule has 76 heavy (non-hydrogen) atoms. The molecule has 11 nitrogen and oxygen atoms in total. The first-order valence-corrected chi connectivity index (χ1v) is 32.7. The second-order valence-corrected chi connectivity index (χ2v) is 22.3. The van der Waals surface area contributed by atoms with Crippen molar-refractivity contribution in [3.8, 4) is 0 Å². The maximum Gasteiger partial charge on any atom is 0.472 e. The number of unbranched alkanes of at least 4 members (excludes halogenated alkanes) is 32. The highest BCUT2D eigenvalue weighted by molar-refractivity contribution is 7.47. The van der Waals surface area contributed by atoms with Gasteiger partial charge in [0.2, 0.25) is 0 Å². The summed E-state index contributed by atoms with van der Waals surface area (Å²) >= 11 is 0. The van der Waals surface area contributed by atoms with Gasteiger partial charge in [0.25, 0.3) is 0 Å². The SMILES string of the molecule is CC/C=C\C/C=C\C/C=C\C/C=C\C/C=C\CC(=O)OC(CO)COP(=O)(O)OCC(COC(=O)CCCCCCCCCCCCCCCCCCC)OC(=O)CCCCCCCCCCCCCCCCCCC. The Balaban J connectivity index is 4.75. The number of ether oxygens (including phenoxy) is 3. The van der Waals surface area contributed by atoms with E-state index >= 15 is 0 Å².